The SMILES string of the molecule is CC(C)(CN=C(N)NCC1CCC1)c1ccccc1F. The highest BCUT2D eigenvalue weighted by molar-refractivity contribution is 5.77. The fourth-order valence-corrected chi connectivity index (χ4v) is 2.38. The molecule has 20 heavy (non-hydrogen) atoms. The Morgan fingerprint density at radius 2 is 2.10 bits per heavy atom. The summed E-state index contributed by atoms with van der Waals surface area (Å²) < 4.78 is 13.8. The van der Waals surface area contributed by atoms with Crippen molar-refractivity contribution in [2.24, 2.45) is 16.6 Å². The van der Waals surface area contributed by atoms with Crippen molar-refractivity contribution in [3.8, 4) is 0 Å². The number of benzene rings is 1. The predicted octanol–water partition coefficient (Wildman–Crippen LogP) is 2.81. The highest BCUT2D eigenvalue weighted by atomic mass is 19.1. The molecule has 0 unspecified atom stereocenters. The molecule has 3 nitrogen and oxygen atoms in total. The molecule has 0 saturated heterocycles. The van der Waals surface area contributed by atoms with Gasteiger partial charge in [0.05, 0.1) is 6.54 Å². The molecule has 0 amide bonds. The van der Waals surface area contributed by atoms with E-state index in [0.717, 1.165) is 12.5 Å². The lowest BCUT2D eigenvalue weighted by atomic mass is 9.84. The molecule has 0 aromatic heterocycles. The molecule has 0 atom stereocenters. The van der Waals surface area contributed by atoms with Crippen LogP contribution in [0.25, 0.3) is 0 Å². The van der Waals surface area contributed by atoms with E-state index in [2.05, 4.69) is 10.3 Å². The maximum atomic E-state index is 13.8. The summed E-state index contributed by atoms with van der Waals surface area (Å²) in [6.07, 6.45) is 3.88. The van der Waals surface area contributed by atoms with Crippen LogP contribution in [0.4, 0.5) is 4.39 Å². The molecule has 2 rings (SSSR count). The molecule has 110 valence electrons. The number of guanidine groups is 1. The molecule has 0 bridgehead atoms. The van der Waals surface area contributed by atoms with Gasteiger partial charge in [-0.2, -0.15) is 0 Å². The molecule has 1 aliphatic carbocycles. The Balaban J connectivity index is 1.91. The number of hydrogen-bond acceptors (Lipinski definition) is 1. The molecule has 0 heterocycles. The van der Waals surface area contributed by atoms with Crippen LogP contribution >= 0.6 is 0 Å². The van der Waals surface area contributed by atoms with E-state index in [1.165, 1.54) is 25.3 Å². The second-order valence-corrected chi connectivity index (χ2v) is 6.24. The van der Waals surface area contributed by atoms with Crippen LogP contribution in [0.1, 0.15) is 38.7 Å². The first-order chi connectivity index (χ1) is 9.49. The van der Waals surface area contributed by atoms with Crippen molar-refractivity contribution in [2.45, 2.75) is 38.5 Å². The molecule has 1 aromatic rings. The smallest absolute Gasteiger partial charge is 0.188 e. The lowest BCUT2D eigenvalue weighted by Gasteiger charge is -2.26. The van der Waals surface area contributed by atoms with Crippen LogP contribution in [0, 0.1) is 11.7 Å². The van der Waals surface area contributed by atoms with Crippen LogP contribution in [-0.4, -0.2) is 19.0 Å². The lowest BCUT2D eigenvalue weighted by molar-refractivity contribution is 0.315. The van der Waals surface area contributed by atoms with Gasteiger partial charge in [0.25, 0.3) is 0 Å². The van der Waals surface area contributed by atoms with Gasteiger partial charge in [-0.05, 0) is 30.4 Å². The Hall–Kier alpha value is -1.58. The van der Waals surface area contributed by atoms with Crippen molar-refractivity contribution in [1.82, 2.24) is 5.32 Å². The number of nitrogens with two attached hydrogens (primary N) is 1. The standard InChI is InChI=1S/C16H24FN3/c1-16(2,13-8-3-4-9-14(13)17)11-20-15(18)19-10-12-6-5-7-12/h3-4,8-9,12H,5-7,10-11H2,1-2H3,(H3,18,19,20). The van der Waals surface area contributed by atoms with Gasteiger partial charge < -0.3 is 11.1 Å². The van der Waals surface area contributed by atoms with Crippen LogP contribution < -0.4 is 11.1 Å². The van der Waals surface area contributed by atoms with E-state index in [1.807, 2.05) is 26.0 Å². The van der Waals surface area contributed by atoms with Crippen molar-refractivity contribution < 1.29 is 4.39 Å². The molecule has 1 saturated carbocycles. The van der Waals surface area contributed by atoms with Gasteiger partial charge in [0.1, 0.15) is 5.82 Å². The number of halogens is 1. The van der Waals surface area contributed by atoms with Gasteiger partial charge >= 0.3 is 0 Å². The van der Waals surface area contributed by atoms with Gasteiger partial charge in [-0.3, -0.25) is 4.99 Å². The molecule has 1 fully saturated rings. The summed E-state index contributed by atoms with van der Waals surface area (Å²) in [6.45, 7) is 5.33. The average molecular weight is 277 g/mol. The van der Waals surface area contributed by atoms with E-state index in [1.54, 1.807) is 6.07 Å². The van der Waals surface area contributed by atoms with E-state index in [9.17, 15) is 4.39 Å². The van der Waals surface area contributed by atoms with Gasteiger partial charge in [-0.25, -0.2) is 4.39 Å². The monoisotopic (exact) mass is 277 g/mol. The van der Waals surface area contributed by atoms with E-state index in [4.69, 9.17) is 5.73 Å². The van der Waals surface area contributed by atoms with Crippen LogP contribution in [0.3, 0.4) is 0 Å². The Bertz CT molecular complexity index is 478. The normalized spacial score (nSPS) is 16.9. The quantitative estimate of drug-likeness (QED) is 0.642. The minimum atomic E-state index is -0.367. The molecular weight excluding hydrogens is 253 g/mol. The fraction of sp³-hybridized carbons (Fsp3) is 0.562. The molecule has 1 aliphatic rings. The van der Waals surface area contributed by atoms with E-state index in [0.29, 0.717) is 18.1 Å². The summed E-state index contributed by atoms with van der Waals surface area (Å²) in [5.74, 6) is 1.01. The molecular formula is C16H24FN3. The summed E-state index contributed by atoms with van der Waals surface area (Å²) >= 11 is 0. The van der Waals surface area contributed by atoms with Crippen LogP contribution in [-0.2, 0) is 5.41 Å². The summed E-state index contributed by atoms with van der Waals surface area (Å²) in [7, 11) is 0. The molecule has 0 spiro atoms. The summed E-state index contributed by atoms with van der Waals surface area (Å²) in [5, 5.41) is 3.16. The van der Waals surface area contributed by atoms with Crippen molar-refractivity contribution >= 4 is 5.96 Å². The summed E-state index contributed by atoms with van der Waals surface area (Å²) in [6, 6.07) is 6.84. The fourth-order valence-electron chi connectivity index (χ4n) is 2.38. The summed E-state index contributed by atoms with van der Waals surface area (Å²) in [4.78, 5) is 4.36. The van der Waals surface area contributed by atoms with Gasteiger partial charge in [-0.15, -0.1) is 0 Å². The molecule has 4 heteroatoms. The number of nitrogens with zero attached hydrogens (tertiary/aromatic N) is 1. The van der Waals surface area contributed by atoms with Gasteiger partial charge in [0.15, 0.2) is 5.96 Å². The van der Waals surface area contributed by atoms with Crippen LogP contribution in [0.2, 0.25) is 0 Å². The predicted molar refractivity (Wildman–Crippen MR) is 81.3 cm³/mol. The molecule has 1 aromatic carbocycles. The number of rotatable bonds is 5. The maximum Gasteiger partial charge on any atom is 0.188 e. The first-order valence-corrected chi connectivity index (χ1v) is 7.28. The minimum Gasteiger partial charge on any atom is -0.370 e. The second kappa shape index (κ2) is 6.25. The third-order valence-electron chi connectivity index (χ3n) is 4.04. The second-order valence-electron chi connectivity index (χ2n) is 6.24. The van der Waals surface area contributed by atoms with Gasteiger partial charge in [0, 0.05) is 12.0 Å². The van der Waals surface area contributed by atoms with E-state index < -0.39 is 0 Å². The molecule has 0 radical (unpaired) electrons. The Morgan fingerprint density at radius 1 is 1.40 bits per heavy atom. The van der Waals surface area contributed by atoms with Gasteiger partial charge in [-0.1, -0.05) is 38.5 Å². The highest BCUT2D eigenvalue weighted by Crippen LogP contribution is 2.26. The Kier molecular flexibility index (Phi) is 4.63. The Morgan fingerprint density at radius 3 is 2.70 bits per heavy atom. The first kappa shape index (κ1) is 14.8. The van der Waals surface area contributed by atoms with Crippen LogP contribution in [0.5, 0.6) is 0 Å². The zero-order valence-electron chi connectivity index (χ0n) is 12.3. The van der Waals surface area contributed by atoms with E-state index >= 15 is 0 Å². The topological polar surface area (TPSA) is 50.4 Å². The zero-order chi connectivity index (χ0) is 14.6. The number of nitrogens with one attached hydrogen (secondary N) is 1. The number of aliphatic imine (C=N–C) groups is 1. The lowest BCUT2D eigenvalue weighted by Crippen LogP contribution is -2.38. The minimum absolute atomic E-state index is 0.186. The first-order valence-electron chi connectivity index (χ1n) is 7.28. The van der Waals surface area contributed by atoms with Crippen molar-refractivity contribution in [3.63, 3.8) is 0 Å². The van der Waals surface area contributed by atoms with Crippen molar-refractivity contribution in [3.05, 3.63) is 35.6 Å². The Labute approximate surface area is 120 Å². The van der Waals surface area contributed by atoms with Gasteiger partial charge in [0.2, 0.25) is 0 Å². The highest BCUT2D eigenvalue weighted by Gasteiger charge is 2.23. The maximum absolute atomic E-state index is 13.8. The molecule has 0 aliphatic heterocycles. The van der Waals surface area contributed by atoms with Crippen LogP contribution in [0.15, 0.2) is 29.3 Å². The van der Waals surface area contributed by atoms with E-state index in [-0.39, 0.29) is 11.2 Å². The third kappa shape index (κ3) is 3.71. The number of hydrogen-bond donors (Lipinski definition) is 2. The average Bonchev–Trinajstić information content (AvgIpc) is 2.35. The summed E-state index contributed by atoms with van der Waals surface area (Å²) in [5.41, 5.74) is 6.18. The van der Waals surface area contributed by atoms with Crippen molar-refractivity contribution in [2.75, 3.05) is 13.1 Å². The molecule has 3 N–H and O–H groups in total. The largest absolute Gasteiger partial charge is 0.370 e. The zero-order valence-corrected chi connectivity index (χ0v) is 12.3. The van der Waals surface area contributed by atoms with Crippen molar-refractivity contribution in [1.29, 1.82) is 0 Å². The third-order valence-corrected chi connectivity index (χ3v) is 4.04.